The largest absolute Gasteiger partial charge is 0.395 e. The average Bonchev–Trinajstić information content (AvgIpc) is 2.18. The zero-order valence-electron chi connectivity index (χ0n) is 8.19. The number of benzene rings is 1. The van der Waals surface area contributed by atoms with E-state index in [1.165, 1.54) is 18.2 Å². The van der Waals surface area contributed by atoms with E-state index >= 15 is 0 Å². The molecule has 0 bridgehead atoms. The normalized spacial score (nSPS) is 13.9. The molecular formula is C10H10Cl2F3N. The summed E-state index contributed by atoms with van der Waals surface area (Å²) < 4.78 is 38.2. The first kappa shape index (κ1) is 13.6. The van der Waals surface area contributed by atoms with Gasteiger partial charge in [-0.1, -0.05) is 35.3 Å². The lowest BCUT2D eigenvalue weighted by molar-refractivity contribution is -0.151. The van der Waals surface area contributed by atoms with E-state index in [1.807, 2.05) is 0 Å². The Hall–Kier alpha value is -0.450. The number of hydrogen-bond acceptors (Lipinski definition) is 1. The Morgan fingerprint density at radius 3 is 2.38 bits per heavy atom. The molecular weight excluding hydrogens is 262 g/mol. The van der Waals surface area contributed by atoms with Gasteiger partial charge >= 0.3 is 6.18 Å². The Kier molecular flexibility index (Phi) is 4.47. The van der Waals surface area contributed by atoms with Gasteiger partial charge in [0.25, 0.3) is 0 Å². The summed E-state index contributed by atoms with van der Waals surface area (Å²) >= 11 is 11.4. The first-order valence-corrected chi connectivity index (χ1v) is 5.34. The van der Waals surface area contributed by atoms with E-state index in [9.17, 15) is 13.2 Å². The van der Waals surface area contributed by atoms with Gasteiger partial charge in [0.05, 0.1) is 16.0 Å². The highest BCUT2D eigenvalue weighted by Crippen LogP contribution is 2.41. The summed E-state index contributed by atoms with van der Waals surface area (Å²) in [6.07, 6.45) is -4.57. The van der Waals surface area contributed by atoms with Crippen LogP contribution in [-0.2, 0) is 0 Å². The topological polar surface area (TPSA) is 26.0 Å². The lowest BCUT2D eigenvalue weighted by atomic mass is 9.95. The van der Waals surface area contributed by atoms with Crippen LogP contribution in [0.5, 0.6) is 0 Å². The van der Waals surface area contributed by atoms with Crippen LogP contribution in [0.3, 0.4) is 0 Å². The molecule has 90 valence electrons. The number of hydrogen-bond donors (Lipinski definition) is 1. The molecule has 0 aliphatic rings. The molecule has 1 atom stereocenters. The maximum absolute atomic E-state index is 12.7. The number of nitrogens with two attached hydrogens (primary N) is 1. The van der Waals surface area contributed by atoms with Crippen molar-refractivity contribution in [1.29, 1.82) is 0 Å². The molecule has 1 aromatic rings. The highest BCUT2D eigenvalue weighted by atomic mass is 35.5. The van der Waals surface area contributed by atoms with Gasteiger partial charge in [0.15, 0.2) is 0 Å². The standard InChI is InChI=1S/C10H10Cl2F3N/c11-8-3-1-2-6(9(8)12)7(4-5-16)10(13,14)15/h1-3,7H,4-5,16H2. The van der Waals surface area contributed by atoms with Crippen molar-refractivity contribution in [3.8, 4) is 0 Å². The van der Waals surface area contributed by atoms with Gasteiger partial charge in [-0.05, 0) is 24.6 Å². The molecule has 0 radical (unpaired) electrons. The third-order valence-corrected chi connectivity index (χ3v) is 3.04. The van der Waals surface area contributed by atoms with E-state index < -0.39 is 12.1 Å². The summed E-state index contributed by atoms with van der Waals surface area (Å²) in [7, 11) is 0. The summed E-state index contributed by atoms with van der Waals surface area (Å²) in [5, 5.41) is 0.0605. The van der Waals surface area contributed by atoms with Gasteiger partial charge in [0, 0.05) is 0 Å². The van der Waals surface area contributed by atoms with Crippen LogP contribution in [0.2, 0.25) is 10.0 Å². The fourth-order valence-corrected chi connectivity index (χ4v) is 1.89. The van der Waals surface area contributed by atoms with Crippen LogP contribution in [0.4, 0.5) is 13.2 Å². The van der Waals surface area contributed by atoms with Crippen molar-refractivity contribution in [2.45, 2.75) is 18.5 Å². The minimum absolute atomic E-state index is 0.0212. The summed E-state index contributed by atoms with van der Waals surface area (Å²) in [6, 6.07) is 4.21. The zero-order chi connectivity index (χ0) is 12.3. The van der Waals surface area contributed by atoms with Crippen molar-refractivity contribution < 1.29 is 13.2 Å². The molecule has 1 unspecified atom stereocenters. The molecule has 1 nitrogen and oxygen atoms in total. The smallest absolute Gasteiger partial charge is 0.330 e. The fourth-order valence-electron chi connectivity index (χ4n) is 1.45. The second kappa shape index (κ2) is 5.25. The van der Waals surface area contributed by atoms with Crippen LogP contribution in [-0.4, -0.2) is 12.7 Å². The Labute approximate surface area is 101 Å². The monoisotopic (exact) mass is 271 g/mol. The summed E-state index contributed by atoms with van der Waals surface area (Å²) in [6.45, 7) is -0.0625. The molecule has 16 heavy (non-hydrogen) atoms. The minimum Gasteiger partial charge on any atom is -0.330 e. The van der Waals surface area contributed by atoms with Gasteiger partial charge in [0.1, 0.15) is 0 Å². The van der Waals surface area contributed by atoms with Gasteiger partial charge in [-0.2, -0.15) is 13.2 Å². The van der Waals surface area contributed by atoms with E-state index in [4.69, 9.17) is 28.9 Å². The molecule has 2 N–H and O–H groups in total. The van der Waals surface area contributed by atoms with Crippen molar-refractivity contribution in [1.82, 2.24) is 0 Å². The van der Waals surface area contributed by atoms with E-state index in [0.29, 0.717) is 0 Å². The van der Waals surface area contributed by atoms with Crippen LogP contribution in [0.1, 0.15) is 17.9 Å². The van der Waals surface area contributed by atoms with Crippen LogP contribution in [0.25, 0.3) is 0 Å². The van der Waals surface area contributed by atoms with E-state index in [-0.39, 0.29) is 28.6 Å². The van der Waals surface area contributed by atoms with Crippen LogP contribution >= 0.6 is 23.2 Å². The van der Waals surface area contributed by atoms with Crippen LogP contribution in [0, 0.1) is 0 Å². The Morgan fingerprint density at radius 2 is 1.88 bits per heavy atom. The summed E-state index contributed by atoms with van der Waals surface area (Å²) in [5.41, 5.74) is 5.15. The Morgan fingerprint density at radius 1 is 1.25 bits per heavy atom. The average molecular weight is 272 g/mol. The van der Waals surface area contributed by atoms with Gasteiger partial charge in [-0.3, -0.25) is 0 Å². The molecule has 0 aromatic heterocycles. The van der Waals surface area contributed by atoms with Crippen molar-refractivity contribution in [2.24, 2.45) is 5.73 Å². The molecule has 0 saturated heterocycles. The second-order valence-electron chi connectivity index (χ2n) is 3.31. The number of alkyl halides is 3. The third kappa shape index (κ3) is 3.03. The van der Waals surface area contributed by atoms with Crippen LogP contribution in [0.15, 0.2) is 18.2 Å². The molecule has 0 saturated carbocycles. The molecule has 0 spiro atoms. The molecule has 1 rings (SSSR count). The zero-order valence-corrected chi connectivity index (χ0v) is 9.70. The van der Waals surface area contributed by atoms with E-state index in [0.717, 1.165) is 0 Å². The number of halogens is 5. The van der Waals surface area contributed by atoms with Crippen molar-refractivity contribution in [3.63, 3.8) is 0 Å². The SMILES string of the molecule is NCCC(c1cccc(Cl)c1Cl)C(F)(F)F. The first-order chi connectivity index (χ1) is 7.38. The molecule has 0 amide bonds. The van der Waals surface area contributed by atoms with E-state index in [2.05, 4.69) is 0 Å². The maximum atomic E-state index is 12.7. The van der Waals surface area contributed by atoms with Gasteiger partial charge in [-0.25, -0.2) is 0 Å². The lowest BCUT2D eigenvalue weighted by Crippen LogP contribution is -2.23. The lowest BCUT2D eigenvalue weighted by Gasteiger charge is -2.21. The minimum atomic E-state index is -4.37. The molecule has 0 aliphatic carbocycles. The molecule has 6 heteroatoms. The van der Waals surface area contributed by atoms with Crippen LogP contribution < -0.4 is 5.73 Å². The summed E-state index contributed by atoms with van der Waals surface area (Å²) in [4.78, 5) is 0. The second-order valence-corrected chi connectivity index (χ2v) is 4.10. The molecule has 0 fully saturated rings. The van der Waals surface area contributed by atoms with Gasteiger partial charge in [0.2, 0.25) is 0 Å². The maximum Gasteiger partial charge on any atom is 0.395 e. The van der Waals surface area contributed by atoms with Crippen molar-refractivity contribution >= 4 is 23.2 Å². The van der Waals surface area contributed by atoms with Gasteiger partial charge in [-0.15, -0.1) is 0 Å². The molecule has 0 heterocycles. The summed E-state index contributed by atoms with van der Waals surface area (Å²) in [5.74, 6) is -1.66. The Bertz CT molecular complexity index is 366. The van der Waals surface area contributed by atoms with Crippen molar-refractivity contribution in [2.75, 3.05) is 6.54 Å². The number of rotatable bonds is 3. The van der Waals surface area contributed by atoms with E-state index in [1.54, 1.807) is 0 Å². The third-order valence-electron chi connectivity index (χ3n) is 2.21. The quantitative estimate of drug-likeness (QED) is 0.884. The highest BCUT2D eigenvalue weighted by molar-refractivity contribution is 6.42. The highest BCUT2D eigenvalue weighted by Gasteiger charge is 2.41. The Balaban J connectivity index is 3.16. The molecule has 1 aromatic carbocycles. The predicted octanol–water partition coefficient (Wildman–Crippen LogP) is 3.99. The van der Waals surface area contributed by atoms with Crippen molar-refractivity contribution in [3.05, 3.63) is 33.8 Å². The molecule has 0 aliphatic heterocycles. The first-order valence-electron chi connectivity index (χ1n) is 4.58. The predicted molar refractivity (Wildman–Crippen MR) is 58.9 cm³/mol. The fraction of sp³-hybridized carbons (Fsp3) is 0.400. The van der Waals surface area contributed by atoms with Gasteiger partial charge < -0.3 is 5.73 Å².